The molecule has 0 unspecified atom stereocenters. The number of carbonyl (C=O) groups is 1. The number of carbonyl (C=O) groups excluding carboxylic acids is 1. The second kappa shape index (κ2) is 8.32. The molecule has 3 aromatic heterocycles. The van der Waals surface area contributed by atoms with E-state index < -0.39 is 0 Å². The van der Waals surface area contributed by atoms with Crippen LogP contribution in [0.25, 0.3) is 11.3 Å². The van der Waals surface area contributed by atoms with E-state index in [2.05, 4.69) is 39.4 Å². The number of benzene rings is 1. The van der Waals surface area contributed by atoms with Gasteiger partial charge in [-0.05, 0) is 42.7 Å². The van der Waals surface area contributed by atoms with Crippen molar-refractivity contribution in [3.8, 4) is 11.3 Å². The number of nitrogens with one attached hydrogen (secondary N) is 1. The molecule has 0 bridgehead atoms. The Hall–Kier alpha value is -3.74. The Morgan fingerprint density at radius 2 is 2.00 bits per heavy atom. The van der Waals surface area contributed by atoms with Gasteiger partial charge < -0.3 is 9.88 Å². The summed E-state index contributed by atoms with van der Waals surface area (Å²) in [4.78, 5) is 21.3. The summed E-state index contributed by atoms with van der Waals surface area (Å²) in [6.07, 6.45) is 10.3. The van der Waals surface area contributed by atoms with Crippen LogP contribution in [-0.4, -0.2) is 30.1 Å². The molecule has 4 rings (SSSR count). The topological polar surface area (TPSA) is 77.6 Å². The Balaban J connectivity index is 1.46. The molecule has 0 radical (unpaired) electrons. The minimum atomic E-state index is 0.168. The molecule has 0 aliphatic heterocycles. The molecule has 1 aromatic carbocycles. The first-order valence-corrected chi connectivity index (χ1v) is 9.82. The van der Waals surface area contributed by atoms with Crippen LogP contribution >= 0.6 is 0 Å². The first-order valence-electron chi connectivity index (χ1n) is 9.82. The standard InChI is InChI=1S/C23H24N6O/c1-16-12-18(5-4-17(16)6-7-22(30)19-9-11-28(2)14-19)21-8-10-24-23(27-21)26-20-13-25-29(3)15-20/h4-5,8-15H,6-7H2,1-3H3,(H,24,26,27). The molecule has 7 heteroatoms. The lowest BCUT2D eigenvalue weighted by atomic mass is 9.98. The summed E-state index contributed by atoms with van der Waals surface area (Å²) >= 11 is 0. The molecule has 0 saturated heterocycles. The van der Waals surface area contributed by atoms with Gasteiger partial charge >= 0.3 is 0 Å². The normalized spacial score (nSPS) is 10.9. The van der Waals surface area contributed by atoms with Gasteiger partial charge in [0.05, 0.1) is 17.6 Å². The van der Waals surface area contributed by atoms with E-state index in [1.165, 1.54) is 5.56 Å². The zero-order valence-corrected chi connectivity index (χ0v) is 17.3. The van der Waals surface area contributed by atoms with Crippen molar-refractivity contribution in [3.63, 3.8) is 0 Å². The summed E-state index contributed by atoms with van der Waals surface area (Å²) in [5.41, 5.74) is 5.78. The van der Waals surface area contributed by atoms with Crippen LogP contribution in [0.1, 0.15) is 27.9 Å². The second-order valence-electron chi connectivity index (χ2n) is 7.42. The van der Waals surface area contributed by atoms with Gasteiger partial charge in [-0.2, -0.15) is 5.10 Å². The lowest BCUT2D eigenvalue weighted by molar-refractivity contribution is 0.0983. The maximum atomic E-state index is 12.4. The molecule has 0 aliphatic carbocycles. The molecule has 4 aromatic rings. The highest BCUT2D eigenvalue weighted by molar-refractivity contribution is 5.96. The van der Waals surface area contributed by atoms with E-state index in [4.69, 9.17) is 0 Å². The first kappa shape index (κ1) is 19.6. The molecule has 152 valence electrons. The predicted octanol–water partition coefficient (Wildman–Crippen LogP) is 4.08. The van der Waals surface area contributed by atoms with Crippen molar-refractivity contribution in [2.75, 3.05) is 5.32 Å². The number of hydrogen-bond acceptors (Lipinski definition) is 5. The second-order valence-corrected chi connectivity index (χ2v) is 7.42. The fourth-order valence-electron chi connectivity index (χ4n) is 3.39. The number of Topliss-reactive ketones (excluding diaryl/α,β-unsaturated/α-hetero) is 1. The molecule has 0 fully saturated rings. The Kier molecular flexibility index (Phi) is 5.43. The van der Waals surface area contributed by atoms with Crippen LogP contribution in [0.15, 0.2) is 61.3 Å². The van der Waals surface area contributed by atoms with E-state index in [-0.39, 0.29) is 5.78 Å². The predicted molar refractivity (Wildman–Crippen MR) is 117 cm³/mol. The average molecular weight is 400 g/mol. The van der Waals surface area contributed by atoms with Gasteiger partial charge in [0.15, 0.2) is 5.78 Å². The van der Waals surface area contributed by atoms with Gasteiger partial charge in [0.1, 0.15) is 0 Å². The van der Waals surface area contributed by atoms with E-state index >= 15 is 0 Å². The molecule has 0 aliphatic rings. The van der Waals surface area contributed by atoms with Crippen molar-refractivity contribution in [2.45, 2.75) is 19.8 Å². The highest BCUT2D eigenvalue weighted by Gasteiger charge is 2.10. The van der Waals surface area contributed by atoms with Crippen LogP contribution < -0.4 is 5.32 Å². The zero-order chi connectivity index (χ0) is 21.1. The minimum Gasteiger partial charge on any atom is -0.357 e. The Morgan fingerprint density at radius 1 is 1.13 bits per heavy atom. The van der Waals surface area contributed by atoms with Crippen molar-refractivity contribution in [2.24, 2.45) is 14.1 Å². The number of nitrogens with zero attached hydrogens (tertiary/aromatic N) is 5. The minimum absolute atomic E-state index is 0.168. The van der Waals surface area contributed by atoms with Crippen molar-refractivity contribution < 1.29 is 4.79 Å². The summed E-state index contributed by atoms with van der Waals surface area (Å²) in [6, 6.07) is 10.00. The molecular weight excluding hydrogens is 376 g/mol. The summed E-state index contributed by atoms with van der Waals surface area (Å²) in [7, 11) is 3.78. The smallest absolute Gasteiger partial charge is 0.227 e. The Labute approximate surface area is 175 Å². The number of aromatic nitrogens is 5. The van der Waals surface area contributed by atoms with Crippen LogP contribution in [0.5, 0.6) is 0 Å². The maximum Gasteiger partial charge on any atom is 0.227 e. The van der Waals surface area contributed by atoms with Gasteiger partial charge in [0.2, 0.25) is 5.95 Å². The van der Waals surface area contributed by atoms with E-state index in [0.717, 1.165) is 34.5 Å². The van der Waals surface area contributed by atoms with E-state index in [0.29, 0.717) is 12.4 Å². The molecule has 0 spiro atoms. The SMILES string of the molecule is Cc1cc(-c2ccnc(Nc3cnn(C)c3)n2)ccc1CCC(=O)c1ccn(C)c1. The van der Waals surface area contributed by atoms with Crippen LogP contribution in [0.2, 0.25) is 0 Å². The van der Waals surface area contributed by atoms with Gasteiger partial charge in [0.25, 0.3) is 0 Å². The van der Waals surface area contributed by atoms with Crippen LogP contribution in [0.3, 0.4) is 0 Å². The summed E-state index contributed by atoms with van der Waals surface area (Å²) in [6.45, 7) is 2.07. The Morgan fingerprint density at radius 3 is 2.70 bits per heavy atom. The van der Waals surface area contributed by atoms with Gasteiger partial charge in [-0.15, -0.1) is 0 Å². The fraction of sp³-hybridized carbons (Fsp3) is 0.217. The number of anilines is 2. The first-order chi connectivity index (χ1) is 14.5. The average Bonchev–Trinajstić information content (AvgIpc) is 3.35. The third-order valence-electron chi connectivity index (χ3n) is 5.03. The van der Waals surface area contributed by atoms with Crippen LogP contribution in [0.4, 0.5) is 11.6 Å². The largest absolute Gasteiger partial charge is 0.357 e. The van der Waals surface area contributed by atoms with Crippen molar-refractivity contribution >= 4 is 17.4 Å². The molecule has 3 heterocycles. The molecule has 0 atom stereocenters. The van der Waals surface area contributed by atoms with E-state index in [1.807, 2.05) is 55.5 Å². The quantitative estimate of drug-likeness (QED) is 0.473. The maximum absolute atomic E-state index is 12.4. The number of aryl methyl sites for hydroxylation is 4. The van der Waals surface area contributed by atoms with Gasteiger partial charge in [-0.3, -0.25) is 9.48 Å². The molecule has 0 amide bonds. The molecule has 0 saturated carbocycles. The van der Waals surface area contributed by atoms with Gasteiger partial charge in [-0.25, -0.2) is 9.97 Å². The lowest BCUT2D eigenvalue weighted by Gasteiger charge is -2.09. The molecule has 30 heavy (non-hydrogen) atoms. The highest BCUT2D eigenvalue weighted by atomic mass is 16.1. The number of rotatable bonds is 7. The molecule has 1 N–H and O–H groups in total. The number of ketones is 1. The molecule has 7 nitrogen and oxygen atoms in total. The summed E-state index contributed by atoms with van der Waals surface area (Å²) < 4.78 is 3.61. The van der Waals surface area contributed by atoms with Crippen molar-refractivity contribution in [1.82, 2.24) is 24.3 Å². The molecular formula is C23H24N6O. The third-order valence-corrected chi connectivity index (χ3v) is 5.03. The van der Waals surface area contributed by atoms with Gasteiger partial charge in [0, 0.05) is 56.4 Å². The van der Waals surface area contributed by atoms with Crippen LogP contribution in [0, 0.1) is 6.92 Å². The summed E-state index contributed by atoms with van der Waals surface area (Å²) in [5.74, 6) is 0.691. The Bertz CT molecular complexity index is 1190. The number of hydrogen-bond donors (Lipinski definition) is 1. The fourth-order valence-corrected chi connectivity index (χ4v) is 3.39. The lowest BCUT2D eigenvalue weighted by Crippen LogP contribution is -2.01. The highest BCUT2D eigenvalue weighted by Crippen LogP contribution is 2.23. The zero-order valence-electron chi connectivity index (χ0n) is 17.3. The monoisotopic (exact) mass is 400 g/mol. The van der Waals surface area contributed by atoms with E-state index in [1.54, 1.807) is 17.1 Å². The van der Waals surface area contributed by atoms with Gasteiger partial charge in [-0.1, -0.05) is 12.1 Å². The van der Waals surface area contributed by atoms with Crippen molar-refractivity contribution in [1.29, 1.82) is 0 Å². The third kappa shape index (κ3) is 4.46. The van der Waals surface area contributed by atoms with E-state index in [9.17, 15) is 4.79 Å². The summed E-state index contributed by atoms with van der Waals surface area (Å²) in [5, 5.41) is 7.30. The van der Waals surface area contributed by atoms with Crippen LogP contribution in [-0.2, 0) is 20.5 Å². The van der Waals surface area contributed by atoms with Crippen molar-refractivity contribution in [3.05, 3.63) is 78.0 Å².